The van der Waals surface area contributed by atoms with Gasteiger partial charge in [0.2, 0.25) is 5.88 Å². The Labute approximate surface area is 127 Å². The van der Waals surface area contributed by atoms with E-state index in [1.54, 1.807) is 30.3 Å². The molecule has 0 atom stereocenters. The van der Waals surface area contributed by atoms with Crippen molar-refractivity contribution in [3.8, 4) is 5.88 Å². The van der Waals surface area contributed by atoms with Crippen molar-refractivity contribution in [2.24, 2.45) is 0 Å². The van der Waals surface area contributed by atoms with Crippen LogP contribution in [-0.4, -0.2) is 27.9 Å². The molecule has 114 valence electrons. The van der Waals surface area contributed by atoms with Crippen LogP contribution in [0.25, 0.3) is 0 Å². The van der Waals surface area contributed by atoms with Crippen molar-refractivity contribution in [1.82, 2.24) is 20.8 Å². The number of carbonyl (C=O) groups excluding carboxylic acids is 2. The molecular formula is C15H16N4O3. The second-order valence-electron chi connectivity index (χ2n) is 4.67. The van der Waals surface area contributed by atoms with Crippen molar-refractivity contribution in [3.05, 3.63) is 54.0 Å². The number of hydrogen-bond acceptors (Lipinski definition) is 5. The highest BCUT2D eigenvalue weighted by Crippen LogP contribution is 2.09. The number of ether oxygens (including phenoxy) is 1. The standard InChI is InChI=1S/C15H16N4O3/c1-10(2)22-13-7-6-11(9-17-13)14(20)18-19-15(21)12-5-3-4-8-16-12/h3-10H,1-2H3,(H,18,20)(H,19,21). The Morgan fingerprint density at radius 1 is 1.05 bits per heavy atom. The zero-order valence-corrected chi connectivity index (χ0v) is 12.2. The molecule has 2 heterocycles. The maximum Gasteiger partial charge on any atom is 0.288 e. The molecule has 0 unspecified atom stereocenters. The van der Waals surface area contributed by atoms with Crippen LogP contribution in [0.1, 0.15) is 34.7 Å². The van der Waals surface area contributed by atoms with Gasteiger partial charge in [0.1, 0.15) is 5.69 Å². The van der Waals surface area contributed by atoms with Gasteiger partial charge in [0, 0.05) is 18.5 Å². The predicted octanol–water partition coefficient (Wildman–Crippen LogP) is 1.34. The molecule has 0 saturated carbocycles. The fourth-order valence-corrected chi connectivity index (χ4v) is 1.57. The molecule has 2 rings (SSSR count). The van der Waals surface area contributed by atoms with E-state index in [-0.39, 0.29) is 11.8 Å². The molecule has 2 amide bonds. The summed E-state index contributed by atoms with van der Waals surface area (Å²) in [5.41, 5.74) is 5.10. The van der Waals surface area contributed by atoms with Gasteiger partial charge in [-0.05, 0) is 32.0 Å². The first kappa shape index (κ1) is 15.4. The first-order chi connectivity index (χ1) is 10.6. The smallest absolute Gasteiger partial charge is 0.288 e. The molecule has 7 nitrogen and oxygen atoms in total. The lowest BCUT2D eigenvalue weighted by molar-refractivity contribution is 0.0843. The summed E-state index contributed by atoms with van der Waals surface area (Å²) in [4.78, 5) is 31.5. The van der Waals surface area contributed by atoms with Gasteiger partial charge < -0.3 is 4.74 Å². The summed E-state index contributed by atoms with van der Waals surface area (Å²) in [5.74, 6) is -0.543. The summed E-state index contributed by atoms with van der Waals surface area (Å²) in [6.07, 6.45) is 2.87. The molecule has 22 heavy (non-hydrogen) atoms. The number of hydrogen-bond donors (Lipinski definition) is 2. The number of pyridine rings is 2. The maximum absolute atomic E-state index is 11.9. The minimum Gasteiger partial charge on any atom is -0.475 e. The summed E-state index contributed by atoms with van der Waals surface area (Å²) in [6.45, 7) is 3.77. The highest BCUT2D eigenvalue weighted by molar-refractivity contribution is 5.98. The minimum atomic E-state index is -0.498. The Morgan fingerprint density at radius 2 is 1.82 bits per heavy atom. The van der Waals surface area contributed by atoms with Crippen LogP contribution in [0.2, 0.25) is 0 Å². The van der Waals surface area contributed by atoms with Crippen LogP contribution in [-0.2, 0) is 0 Å². The van der Waals surface area contributed by atoms with Gasteiger partial charge in [-0.2, -0.15) is 0 Å². The van der Waals surface area contributed by atoms with Crippen LogP contribution < -0.4 is 15.6 Å². The Balaban J connectivity index is 1.91. The van der Waals surface area contributed by atoms with Gasteiger partial charge in [0.15, 0.2) is 0 Å². The third-order valence-corrected chi connectivity index (χ3v) is 2.54. The van der Waals surface area contributed by atoms with Crippen LogP contribution >= 0.6 is 0 Å². The molecule has 2 aromatic rings. The van der Waals surface area contributed by atoms with Gasteiger partial charge in [-0.1, -0.05) is 6.07 Å². The Kier molecular flexibility index (Phi) is 5.02. The zero-order valence-electron chi connectivity index (χ0n) is 12.2. The Bertz CT molecular complexity index is 642. The first-order valence-corrected chi connectivity index (χ1v) is 6.70. The third-order valence-electron chi connectivity index (χ3n) is 2.54. The van der Waals surface area contributed by atoms with E-state index in [9.17, 15) is 9.59 Å². The first-order valence-electron chi connectivity index (χ1n) is 6.70. The number of rotatable bonds is 4. The second-order valence-corrected chi connectivity index (χ2v) is 4.67. The molecule has 2 aromatic heterocycles. The van der Waals surface area contributed by atoms with Crippen LogP contribution in [0.3, 0.4) is 0 Å². The number of carbonyl (C=O) groups is 2. The third kappa shape index (κ3) is 4.27. The van der Waals surface area contributed by atoms with E-state index >= 15 is 0 Å². The lowest BCUT2D eigenvalue weighted by Gasteiger charge is -2.09. The summed E-state index contributed by atoms with van der Waals surface area (Å²) < 4.78 is 5.38. The lowest BCUT2D eigenvalue weighted by Crippen LogP contribution is -2.41. The van der Waals surface area contributed by atoms with Crippen molar-refractivity contribution < 1.29 is 14.3 Å². The molecule has 0 aliphatic carbocycles. The zero-order chi connectivity index (χ0) is 15.9. The van der Waals surface area contributed by atoms with Crippen molar-refractivity contribution in [3.63, 3.8) is 0 Å². The Morgan fingerprint density at radius 3 is 2.41 bits per heavy atom. The molecule has 7 heteroatoms. The fourth-order valence-electron chi connectivity index (χ4n) is 1.57. The highest BCUT2D eigenvalue weighted by atomic mass is 16.5. The average Bonchev–Trinajstić information content (AvgIpc) is 2.53. The maximum atomic E-state index is 11.9. The van der Waals surface area contributed by atoms with Gasteiger partial charge in [0.25, 0.3) is 11.8 Å². The summed E-state index contributed by atoms with van der Waals surface area (Å²) in [7, 11) is 0. The summed E-state index contributed by atoms with van der Waals surface area (Å²) >= 11 is 0. The highest BCUT2D eigenvalue weighted by Gasteiger charge is 2.10. The molecule has 0 aliphatic heterocycles. The van der Waals surface area contributed by atoms with Gasteiger partial charge in [-0.3, -0.25) is 25.4 Å². The number of amides is 2. The number of nitrogens with zero attached hydrogens (tertiary/aromatic N) is 2. The fraction of sp³-hybridized carbons (Fsp3) is 0.200. The van der Waals surface area contributed by atoms with Crippen LogP contribution in [0.5, 0.6) is 5.88 Å². The Hall–Kier alpha value is -2.96. The number of hydrazine groups is 1. The van der Waals surface area contributed by atoms with Crippen LogP contribution in [0.4, 0.5) is 0 Å². The molecule has 0 spiro atoms. The van der Waals surface area contributed by atoms with E-state index in [0.717, 1.165) is 0 Å². The quantitative estimate of drug-likeness (QED) is 0.831. The molecule has 0 bridgehead atoms. The largest absolute Gasteiger partial charge is 0.475 e. The second kappa shape index (κ2) is 7.16. The van der Waals surface area contributed by atoms with Gasteiger partial charge in [0.05, 0.1) is 11.7 Å². The summed E-state index contributed by atoms with van der Waals surface area (Å²) in [6, 6.07) is 8.08. The van der Waals surface area contributed by atoms with Crippen LogP contribution in [0, 0.1) is 0 Å². The van der Waals surface area contributed by atoms with Crippen molar-refractivity contribution >= 4 is 11.8 Å². The SMILES string of the molecule is CC(C)Oc1ccc(C(=O)NNC(=O)c2ccccn2)cn1. The molecule has 0 fully saturated rings. The molecular weight excluding hydrogens is 284 g/mol. The lowest BCUT2D eigenvalue weighted by atomic mass is 10.3. The molecule has 0 saturated heterocycles. The van der Waals surface area contributed by atoms with E-state index < -0.39 is 11.8 Å². The van der Waals surface area contributed by atoms with Crippen LogP contribution in [0.15, 0.2) is 42.7 Å². The number of nitrogens with one attached hydrogen (secondary N) is 2. The summed E-state index contributed by atoms with van der Waals surface area (Å²) in [5, 5.41) is 0. The van der Waals surface area contributed by atoms with E-state index in [1.807, 2.05) is 13.8 Å². The molecule has 0 aromatic carbocycles. The average molecular weight is 300 g/mol. The van der Waals surface area contributed by atoms with E-state index in [0.29, 0.717) is 11.4 Å². The topological polar surface area (TPSA) is 93.2 Å². The monoisotopic (exact) mass is 300 g/mol. The predicted molar refractivity (Wildman–Crippen MR) is 79.2 cm³/mol. The molecule has 0 radical (unpaired) electrons. The normalized spacial score (nSPS) is 10.1. The van der Waals surface area contributed by atoms with Gasteiger partial charge in [-0.25, -0.2) is 4.98 Å². The van der Waals surface area contributed by atoms with Crippen molar-refractivity contribution in [1.29, 1.82) is 0 Å². The minimum absolute atomic E-state index is 0.00448. The van der Waals surface area contributed by atoms with Gasteiger partial charge in [-0.15, -0.1) is 0 Å². The van der Waals surface area contributed by atoms with Crippen molar-refractivity contribution in [2.75, 3.05) is 0 Å². The van der Waals surface area contributed by atoms with Crippen molar-refractivity contribution in [2.45, 2.75) is 20.0 Å². The van der Waals surface area contributed by atoms with E-state index in [4.69, 9.17) is 4.74 Å². The van der Waals surface area contributed by atoms with Gasteiger partial charge >= 0.3 is 0 Å². The van der Waals surface area contributed by atoms with E-state index in [2.05, 4.69) is 20.8 Å². The van der Waals surface area contributed by atoms with E-state index in [1.165, 1.54) is 12.4 Å². The molecule has 0 aliphatic rings. The molecule has 2 N–H and O–H groups in total. The number of aromatic nitrogens is 2.